The van der Waals surface area contributed by atoms with Crippen LogP contribution < -0.4 is 5.32 Å². The van der Waals surface area contributed by atoms with Gasteiger partial charge < -0.3 is 14.6 Å². The maximum atomic E-state index is 12.3. The second kappa shape index (κ2) is 7.09. The van der Waals surface area contributed by atoms with Crippen LogP contribution in [0, 0.1) is 4.77 Å². The van der Waals surface area contributed by atoms with Crippen molar-refractivity contribution in [3.8, 4) is 0 Å². The van der Waals surface area contributed by atoms with Gasteiger partial charge in [-0.25, -0.2) is 0 Å². The van der Waals surface area contributed by atoms with E-state index < -0.39 is 0 Å². The van der Waals surface area contributed by atoms with Crippen molar-refractivity contribution in [2.75, 3.05) is 13.2 Å². The number of amides is 1. The molecule has 1 fully saturated rings. The summed E-state index contributed by atoms with van der Waals surface area (Å²) in [5.41, 5.74) is 2.42. The van der Waals surface area contributed by atoms with Crippen LogP contribution in [0.2, 0.25) is 0 Å². The fourth-order valence-electron chi connectivity index (χ4n) is 3.39. The van der Waals surface area contributed by atoms with E-state index in [0.717, 1.165) is 17.8 Å². The van der Waals surface area contributed by atoms with Gasteiger partial charge in [0.1, 0.15) is 5.82 Å². The van der Waals surface area contributed by atoms with Gasteiger partial charge >= 0.3 is 0 Å². The summed E-state index contributed by atoms with van der Waals surface area (Å²) in [6, 6.07) is 8.20. The molecule has 7 heteroatoms. The molecule has 2 heterocycles. The molecule has 1 saturated carbocycles. The lowest BCUT2D eigenvalue weighted by atomic mass is 9.96. The molecule has 1 atom stereocenters. The molecule has 0 spiro atoms. The number of aromatic nitrogens is 3. The Morgan fingerprint density at radius 3 is 3.08 bits per heavy atom. The Morgan fingerprint density at radius 2 is 2.24 bits per heavy atom. The monoisotopic (exact) mass is 358 g/mol. The number of aromatic amines is 1. The molecule has 1 aromatic heterocycles. The molecule has 0 radical (unpaired) electrons. The maximum Gasteiger partial charge on any atom is 0.223 e. The zero-order chi connectivity index (χ0) is 17.2. The number of carbonyl (C=O) groups excluding carboxylic acids is 1. The molecule has 0 unspecified atom stereocenters. The third-order valence-electron chi connectivity index (χ3n) is 4.85. The standard InChI is InChI=1S/C18H22N4O2S/c23-16(11-15-14-4-2-1-3-12(14)7-10-24-15)19-8-9-22-17(13-5-6-13)20-21-18(22)25/h1-4,13,15H,5-11H2,(H,19,23)(H,21,25)/t15-/m1/s1. The highest BCUT2D eigenvalue weighted by molar-refractivity contribution is 7.71. The van der Waals surface area contributed by atoms with Crippen molar-refractivity contribution in [3.63, 3.8) is 0 Å². The molecule has 25 heavy (non-hydrogen) atoms. The Bertz CT molecular complexity index is 824. The molecule has 2 N–H and O–H groups in total. The van der Waals surface area contributed by atoms with Crippen LogP contribution in [0.4, 0.5) is 0 Å². The van der Waals surface area contributed by atoms with Crippen LogP contribution in [-0.4, -0.2) is 33.8 Å². The van der Waals surface area contributed by atoms with Crippen molar-refractivity contribution in [2.24, 2.45) is 0 Å². The molecule has 1 aromatic carbocycles. The van der Waals surface area contributed by atoms with Crippen LogP contribution in [0.5, 0.6) is 0 Å². The summed E-state index contributed by atoms with van der Waals surface area (Å²) in [6.07, 6.45) is 3.46. The number of rotatable bonds is 6. The average Bonchev–Trinajstić information content (AvgIpc) is 3.40. The van der Waals surface area contributed by atoms with Gasteiger partial charge in [-0.15, -0.1) is 0 Å². The van der Waals surface area contributed by atoms with E-state index in [2.05, 4.69) is 27.6 Å². The van der Waals surface area contributed by atoms with Gasteiger partial charge in [0, 0.05) is 19.0 Å². The van der Waals surface area contributed by atoms with Crippen molar-refractivity contribution in [2.45, 2.75) is 44.2 Å². The van der Waals surface area contributed by atoms with Crippen LogP contribution in [0.1, 0.15) is 48.2 Å². The number of H-pyrrole nitrogens is 1. The number of ether oxygens (including phenoxy) is 1. The first-order valence-corrected chi connectivity index (χ1v) is 9.24. The number of hydrogen-bond donors (Lipinski definition) is 2. The van der Waals surface area contributed by atoms with Crippen molar-refractivity contribution in [1.82, 2.24) is 20.1 Å². The van der Waals surface area contributed by atoms with Crippen molar-refractivity contribution >= 4 is 18.1 Å². The number of benzene rings is 1. The van der Waals surface area contributed by atoms with Gasteiger partial charge in [-0.3, -0.25) is 9.89 Å². The van der Waals surface area contributed by atoms with Gasteiger partial charge in [-0.2, -0.15) is 5.10 Å². The molecule has 0 saturated heterocycles. The molecule has 132 valence electrons. The van der Waals surface area contributed by atoms with E-state index in [0.29, 0.717) is 36.8 Å². The van der Waals surface area contributed by atoms with Gasteiger partial charge in [0.05, 0.1) is 19.1 Å². The minimum absolute atomic E-state index is 0.00434. The molecule has 2 aromatic rings. The Labute approximate surface area is 151 Å². The maximum absolute atomic E-state index is 12.3. The Hall–Kier alpha value is -1.99. The van der Waals surface area contributed by atoms with Crippen molar-refractivity contribution in [1.29, 1.82) is 0 Å². The van der Waals surface area contributed by atoms with E-state index in [9.17, 15) is 4.79 Å². The summed E-state index contributed by atoms with van der Waals surface area (Å²) < 4.78 is 8.43. The highest BCUT2D eigenvalue weighted by Crippen LogP contribution is 2.38. The number of carbonyl (C=O) groups is 1. The van der Waals surface area contributed by atoms with E-state index in [1.165, 1.54) is 18.4 Å². The van der Waals surface area contributed by atoms with Crippen molar-refractivity contribution < 1.29 is 9.53 Å². The van der Waals surface area contributed by atoms with Gasteiger partial charge in [0.2, 0.25) is 5.91 Å². The summed E-state index contributed by atoms with van der Waals surface area (Å²) in [6.45, 7) is 1.86. The average molecular weight is 358 g/mol. The fraction of sp³-hybridized carbons (Fsp3) is 0.500. The third kappa shape index (κ3) is 3.67. The number of nitrogens with one attached hydrogen (secondary N) is 2. The van der Waals surface area contributed by atoms with Gasteiger partial charge in [-0.1, -0.05) is 24.3 Å². The topological polar surface area (TPSA) is 71.9 Å². The third-order valence-corrected chi connectivity index (χ3v) is 5.16. The zero-order valence-corrected chi connectivity index (χ0v) is 14.8. The van der Waals surface area contributed by atoms with E-state index in [1.54, 1.807) is 0 Å². The summed E-state index contributed by atoms with van der Waals surface area (Å²) in [5, 5.41) is 10.1. The molecule has 1 aliphatic heterocycles. The second-order valence-corrected chi connectivity index (χ2v) is 7.06. The van der Waals surface area contributed by atoms with Crippen LogP contribution in [0.3, 0.4) is 0 Å². The first-order chi connectivity index (χ1) is 12.2. The number of fused-ring (bicyclic) bond motifs is 1. The quantitative estimate of drug-likeness (QED) is 0.779. The minimum Gasteiger partial charge on any atom is -0.373 e. The van der Waals surface area contributed by atoms with Gasteiger partial charge in [0.25, 0.3) is 0 Å². The normalized spacial score (nSPS) is 19.4. The fourth-order valence-corrected chi connectivity index (χ4v) is 3.62. The van der Waals surface area contributed by atoms with Crippen LogP contribution >= 0.6 is 12.2 Å². The Morgan fingerprint density at radius 1 is 1.40 bits per heavy atom. The largest absolute Gasteiger partial charge is 0.373 e. The molecule has 4 rings (SSSR count). The van der Waals surface area contributed by atoms with Crippen LogP contribution in [0.15, 0.2) is 24.3 Å². The van der Waals surface area contributed by atoms with E-state index >= 15 is 0 Å². The summed E-state index contributed by atoms with van der Waals surface area (Å²) >= 11 is 5.29. The Kier molecular flexibility index (Phi) is 4.67. The Balaban J connectivity index is 1.32. The highest BCUT2D eigenvalue weighted by atomic mass is 32.1. The van der Waals surface area contributed by atoms with E-state index in [-0.39, 0.29) is 12.0 Å². The number of nitrogens with zero attached hydrogens (tertiary/aromatic N) is 2. The lowest BCUT2D eigenvalue weighted by molar-refractivity contribution is -0.124. The van der Waals surface area contributed by atoms with Crippen LogP contribution in [-0.2, 0) is 22.5 Å². The molecule has 1 aliphatic carbocycles. The SMILES string of the molecule is O=C(C[C@H]1OCCc2ccccc21)NCCn1c(C2CC2)n[nH]c1=S. The molecule has 2 aliphatic rings. The van der Waals surface area contributed by atoms with E-state index in [1.807, 2.05) is 16.7 Å². The molecule has 6 nitrogen and oxygen atoms in total. The summed E-state index contributed by atoms with van der Waals surface area (Å²) in [7, 11) is 0. The molecule has 0 bridgehead atoms. The highest BCUT2D eigenvalue weighted by Gasteiger charge is 2.29. The molecular weight excluding hydrogens is 336 g/mol. The lowest BCUT2D eigenvalue weighted by Crippen LogP contribution is -2.30. The van der Waals surface area contributed by atoms with Gasteiger partial charge in [-0.05, 0) is 42.6 Å². The lowest BCUT2D eigenvalue weighted by Gasteiger charge is -2.25. The zero-order valence-electron chi connectivity index (χ0n) is 14.0. The predicted octanol–water partition coefficient (Wildman–Crippen LogP) is 2.64. The smallest absolute Gasteiger partial charge is 0.223 e. The molecular formula is C18H22N4O2S. The first-order valence-electron chi connectivity index (χ1n) is 8.83. The summed E-state index contributed by atoms with van der Waals surface area (Å²) in [5.74, 6) is 1.55. The van der Waals surface area contributed by atoms with Gasteiger partial charge in [0.15, 0.2) is 4.77 Å². The minimum atomic E-state index is -0.150. The van der Waals surface area contributed by atoms with E-state index in [4.69, 9.17) is 17.0 Å². The first kappa shape index (κ1) is 16.5. The van der Waals surface area contributed by atoms with Crippen LogP contribution in [0.25, 0.3) is 0 Å². The predicted molar refractivity (Wildman–Crippen MR) is 95.9 cm³/mol. The summed E-state index contributed by atoms with van der Waals surface area (Å²) in [4.78, 5) is 12.3. The molecule has 1 amide bonds. The number of hydrogen-bond acceptors (Lipinski definition) is 4. The van der Waals surface area contributed by atoms with Crippen molar-refractivity contribution in [3.05, 3.63) is 46.0 Å². The second-order valence-electron chi connectivity index (χ2n) is 6.68.